The molecular formula is C11H8F3N3O2. The van der Waals surface area contributed by atoms with E-state index in [0.29, 0.717) is 6.20 Å². The molecular weight excluding hydrogens is 263 g/mol. The van der Waals surface area contributed by atoms with Crippen molar-refractivity contribution in [2.45, 2.75) is 6.18 Å². The predicted octanol–water partition coefficient (Wildman–Crippen LogP) is 2.07. The molecule has 2 heterocycles. The van der Waals surface area contributed by atoms with Crippen LogP contribution in [0.15, 0.2) is 30.7 Å². The molecule has 0 bridgehead atoms. The molecule has 0 saturated heterocycles. The minimum absolute atomic E-state index is 0.170. The van der Waals surface area contributed by atoms with Crippen LogP contribution < -0.4 is 0 Å². The van der Waals surface area contributed by atoms with Crippen molar-refractivity contribution in [1.82, 2.24) is 14.8 Å². The maximum Gasteiger partial charge on any atom is 0.419 e. The molecule has 0 aliphatic rings. The van der Waals surface area contributed by atoms with Crippen molar-refractivity contribution in [2.24, 2.45) is 0 Å². The quantitative estimate of drug-likeness (QED) is 0.785. The molecule has 0 aliphatic heterocycles. The molecule has 2 aromatic heterocycles. The molecule has 2 rings (SSSR count). The van der Waals surface area contributed by atoms with E-state index in [2.05, 4.69) is 14.8 Å². The number of esters is 1. The van der Waals surface area contributed by atoms with Gasteiger partial charge in [0.25, 0.3) is 0 Å². The minimum atomic E-state index is -4.45. The normalized spacial score (nSPS) is 11.4. The van der Waals surface area contributed by atoms with Gasteiger partial charge in [-0.1, -0.05) is 0 Å². The molecule has 5 nitrogen and oxygen atoms in total. The number of pyridine rings is 1. The molecule has 0 N–H and O–H groups in total. The highest BCUT2D eigenvalue weighted by molar-refractivity contribution is 5.88. The lowest BCUT2D eigenvalue weighted by atomic mass is 10.3. The van der Waals surface area contributed by atoms with Crippen molar-refractivity contribution in [3.63, 3.8) is 0 Å². The molecule has 19 heavy (non-hydrogen) atoms. The molecule has 100 valence electrons. The molecule has 0 amide bonds. The summed E-state index contributed by atoms with van der Waals surface area (Å²) in [6.45, 7) is 0. The number of hydrogen-bond acceptors (Lipinski definition) is 4. The Morgan fingerprint density at radius 2 is 2.05 bits per heavy atom. The third kappa shape index (κ3) is 2.72. The number of ether oxygens (including phenoxy) is 1. The second kappa shape index (κ2) is 4.71. The Hall–Kier alpha value is -2.38. The van der Waals surface area contributed by atoms with Crippen LogP contribution in [-0.2, 0) is 10.9 Å². The molecule has 0 aliphatic carbocycles. The summed E-state index contributed by atoms with van der Waals surface area (Å²) in [5.74, 6) is -0.404. The van der Waals surface area contributed by atoms with Crippen LogP contribution in [0.2, 0.25) is 0 Å². The first kappa shape index (κ1) is 13.1. The summed E-state index contributed by atoms with van der Waals surface area (Å²) in [4.78, 5) is 15.0. The van der Waals surface area contributed by atoms with E-state index in [1.54, 1.807) is 0 Å². The van der Waals surface area contributed by atoms with Crippen molar-refractivity contribution in [3.8, 4) is 5.82 Å². The van der Waals surface area contributed by atoms with Gasteiger partial charge in [-0.05, 0) is 12.1 Å². The molecule has 2 aromatic rings. The Bertz CT molecular complexity index is 590. The van der Waals surface area contributed by atoms with E-state index in [1.165, 1.54) is 25.4 Å². The first-order chi connectivity index (χ1) is 8.91. The zero-order valence-corrected chi connectivity index (χ0v) is 9.68. The van der Waals surface area contributed by atoms with E-state index in [-0.39, 0.29) is 11.4 Å². The van der Waals surface area contributed by atoms with Gasteiger partial charge in [0.1, 0.15) is 0 Å². The van der Waals surface area contributed by atoms with Gasteiger partial charge in [0, 0.05) is 12.4 Å². The van der Waals surface area contributed by atoms with Crippen molar-refractivity contribution in [1.29, 1.82) is 0 Å². The number of rotatable bonds is 2. The van der Waals surface area contributed by atoms with Crippen LogP contribution in [0.4, 0.5) is 13.2 Å². The first-order valence-electron chi connectivity index (χ1n) is 5.08. The van der Waals surface area contributed by atoms with Crippen LogP contribution >= 0.6 is 0 Å². The molecule has 0 spiro atoms. The average molecular weight is 271 g/mol. The highest BCUT2D eigenvalue weighted by atomic mass is 19.4. The molecule has 0 aromatic carbocycles. The van der Waals surface area contributed by atoms with Crippen LogP contribution in [0, 0.1) is 0 Å². The Balaban J connectivity index is 2.28. The fourth-order valence-electron chi connectivity index (χ4n) is 1.35. The van der Waals surface area contributed by atoms with Crippen molar-refractivity contribution in [2.75, 3.05) is 7.11 Å². The minimum Gasteiger partial charge on any atom is -0.465 e. The van der Waals surface area contributed by atoms with Crippen molar-refractivity contribution < 1.29 is 22.7 Å². The fourth-order valence-corrected chi connectivity index (χ4v) is 1.35. The lowest BCUT2D eigenvalue weighted by Crippen LogP contribution is -2.05. The van der Waals surface area contributed by atoms with E-state index in [1.807, 2.05) is 0 Å². The van der Waals surface area contributed by atoms with Gasteiger partial charge in [-0.2, -0.15) is 18.3 Å². The zero-order chi connectivity index (χ0) is 14.0. The van der Waals surface area contributed by atoms with E-state index in [9.17, 15) is 18.0 Å². The molecule has 0 saturated carbocycles. The Morgan fingerprint density at radius 3 is 2.53 bits per heavy atom. The van der Waals surface area contributed by atoms with Crippen LogP contribution in [0.25, 0.3) is 5.82 Å². The standard InChI is InChI=1S/C11H8F3N3O2/c1-19-10(18)7-2-3-9(15-4-7)17-6-8(5-16-17)11(12,13)14/h2-6H,1H3. The fraction of sp³-hybridized carbons (Fsp3) is 0.182. The maximum absolute atomic E-state index is 12.4. The topological polar surface area (TPSA) is 57.0 Å². The lowest BCUT2D eigenvalue weighted by Gasteiger charge is -2.03. The summed E-state index contributed by atoms with van der Waals surface area (Å²) in [5.41, 5.74) is -0.666. The van der Waals surface area contributed by atoms with Crippen LogP contribution in [0.3, 0.4) is 0 Å². The number of halogens is 3. The van der Waals surface area contributed by atoms with Crippen molar-refractivity contribution >= 4 is 5.97 Å². The second-order valence-corrected chi connectivity index (χ2v) is 3.57. The van der Waals surface area contributed by atoms with Gasteiger partial charge in [-0.3, -0.25) is 0 Å². The smallest absolute Gasteiger partial charge is 0.419 e. The van der Waals surface area contributed by atoms with Crippen LogP contribution in [0.5, 0.6) is 0 Å². The summed E-state index contributed by atoms with van der Waals surface area (Å²) >= 11 is 0. The number of carbonyl (C=O) groups excluding carboxylic acids is 1. The highest BCUT2D eigenvalue weighted by Crippen LogP contribution is 2.28. The summed E-state index contributed by atoms with van der Waals surface area (Å²) in [7, 11) is 1.22. The lowest BCUT2D eigenvalue weighted by molar-refractivity contribution is -0.137. The van der Waals surface area contributed by atoms with Gasteiger partial charge < -0.3 is 4.74 Å². The molecule has 0 unspecified atom stereocenters. The van der Waals surface area contributed by atoms with Crippen molar-refractivity contribution in [3.05, 3.63) is 41.9 Å². The van der Waals surface area contributed by atoms with Gasteiger partial charge in [0.2, 0.25) is 0 Å². The largest absolute Gasteiger partial charge is 0.465 e. The number of hydrogen-bond donors (Lipinski definition) is 0. The summed E-state index contributed by atoms with van der Waals surface area (Å²) in [6, 6.07) is 2.77. The summed E-state index contributed by atoms with van der Waals surface area (Å²) < 4.78 is 42.6. The first-order valence-corrected chi connectivity index (χ1v) is 5.08. The second-order valence-electron chi connectivity index (χ2n) is 3.57. The molecule has 0 fully saturated rings. The molecule has 0 radical (unpaired) electrons. The van der Waals surface area contributed by atoms with Gasteiger partial charge in [0.15, 0.2) is 5.82 Å². The van der Waals surface area contributed by atoms with Crippen LogP contribution in [-0.4, -0.2) is 27.8 Å². The highest BCUT2D eigenvalue weighted by Gasteiger charge is 2.32. The Morgan fingerprint density at radius 1 is 1.32 bits per heavy atom. The molecule has 0 atom stereocenters. The third-order valence-electron chi connectivity index (χ3n) is 2.31. The Kier molecular flexibility index (Phi) is 3.24. The number of nitrogens with zero attached hydrogens (tertiary/aromatic N) is 3. The van der Waals surface area contributed by atoms with Gasteiger partial charge >= 0.3 is 12.1 Å². The van der Waals surface area contributed by atoms with Gasteiger partial charge in [-0.25, -0.2) is 14.5 Å². The van der Waals surface area contributed by atoms with E-state index >= 15 is 0 Å². The number of methoxy groups -OCH3 is 1. The van der Waals surface area contributed by atoms with E-state index in [4.69, 9.17) is 0 Å². The van der Waals surface area contributed by atoms with Gasteiger partial charge in [0.05, 0.1) is 24.4 Å². The van der Waals surface area contributed by atoms with E-state index < -0.39 is 17.7 Å². The average Bonchev–Trinajstić information content (AvgIpc) is 2.87. The summed E-state index contributed by atoms with van der Waals surface area (Å²) in [5, 5.41) is 3.57. The van der Waals surface area contributed by atoms with Crippen LogP contribution in [0.1, 0.15) is 15.9 Å². The van der Waals surface area contributed by atoms with E-state index in [0.717, 1.165) is 10.9 Å². The number of carbonyl (C=O) groups is 1. The number of aromatic nitrogens is 3. The third-order valence-corrected chi connectivity index (χ3v) is 2.31. The predicted molar refractivity (Wildman–Crippen MR) is 57.7 cm³/mol. The molecule has 8 heteroatoms. The summed E-state index contributed by atoms with van der Waals surface area (Å²) in [6.07, 6.45) is -1.73. The number of alkyl halides is 3. The Labute approximate surface area is 105 Å². The zero-order valence-electron chi connectivity index (χ0n) is 9.68. The maximum atomic E-state index is 12.4. The monoisotopic (exact) mass is 271 g/mol. The SMILES string of the molecule is COC(=O)c1ccc(-n2cc(C(F)(F)F)cn2)nc1. The van der Waals surface area contributed by atoms with Gasteiger partial charge in [-0.15, -0.1) is 0 Å².